The van der Waals surface area contributed by atoms with Crippen molar-refractivity contribution in [1.29, 1.82) is 0 Å². The lowest BCUT2D eigenvalue weighted by Gasteiger charge is -2.33. The van der Waals surface area contributed by atoms with E-state index in [1.54, 1.807) is 0 Å². The van der Waals surface area contributed by atoms with E-state index in [1.807, 2.05) is 0 Å². The molecule has 0 saturated heterocycles. The zero-order valence-electron chi connectivity index (χ0n) is 10.3. The molecular weight excluding hydrogens is 210 g/mol. The second-order valence-electron chi connectivity index (χ2n) is 5.34. The number of anilines is 1. The molecule has 1 aromatic rings. The summed E-state index contributed by atoms with van der Waals surface area (Å²) in [4.78, 5) is 2.61. The lowest BCUT2D eigenvalue weighted by atomic mass is 10.1. The molecule has 3 rings (SSSR count). The molecule has 1 unspecified atom stereocenters. The van der Waals surface area contributed by atoms with E-state index < -0.39 is 0 Å². The van der Waals surface area contributed by atoms with E-state index in [1.165, 1.54) is 36.9 Å². The van der Waals surface area contributed by atoms with Crippen molar-refractivity contribution in [2.75, 3.05) is 11.5 Å². The average Bonchev–Trinajstić information content (AvgIpc) is 2.94. The minimum atomic E-state index is 0.307. The third-order valence-corrected chi connectivity index (χ3v) is 4.30. The van der Waals surface area contributed by atoms with Crippen LogP contribution in [0.2, 0.25) is 0 Å². The van der Waals surface area contributed by atoms with Gasteiger partial charge in [0.1, 0.15) is 0 Å². The summed E-state index contributed by atoms with van der Waals surface area (Å²) in [6, 6.07) is 10.0. The standard InChI is InChI=1S/C15H21NO/c17-10-9-14-11-12-5-1-4-8-15(12)16(14)13-6-2-3-7-13/h1,4-5,8,13-14,17H,2-3,6-7,9-11H2. The first-order valence-electron chi connectivity index (χ1n) is 6.87. The quantitative estimate of drug-likeness (QED) is 0.864. The molecule has 1 aromatic carbocycles. The number of para-hydroxylation sites is 1. The van der Waals surface area contributed by atoms with Crippen LogP contribution in [-0.2, 0) is 6.42 Å². The largest absolute Gasteiger partial charge is 0.396 e. The number of hydrogen-bond acceptors (Lipinski definition) is 2. The maximum absolute atomic E-state index is 9.24. The molecule has 1 saturated carbocycles. The third kappa shape index (κ3) is 1.95. The summed E-state index contributed by atoms with van der Waals surface area (Å²) in [5, 5.41) is 9.24. The highest BCUT2D eigenvalue weighted by molar-refractivity contribution is 5.60. The summed E-state index contributed by atoms with van der Waals surface area (Å²) in [5.74, 6) is 0. The second kappa shape index (κ2) is 4.69. The monoisotopic (exact) mass is 231 g/mol. The maximum Gasteiger partial charge on any atom is 0.0450 e. The van der Waals surface area contributed by atoms with Crippen LogP contribution >= 0.6 is 0 Å². The Morgan fingerprint density at radius 3 is 2.71 bits per heavy atom. The molecule has 0 radical (unpaired) electrons. The van der Waals surface area contributed by atoms with Crippen LogP contribution in [0.4, 0.5) is 5.69 Å². The van der Waals surface area contributed by atoms with E-state index in [-0.39, 0.29) is 0 Å². The van der Waals surface area contributed by atoms with E-state index in [0.717, 1.165) is 18.9 Å². The second-order valence-corrected chi connectivity index (χ2v) is 5.34. The van der Waals surface area contributed by atoms with Gasteiger partial charge in [-0.05, 0) is 37.3 Å². The highest BCUT2D eigenvalue weighted by Gasteiger charge is 2.34. The van der Waals surface area contributed by atoms with Gasteiger partial charge >= 0.3 is 0 Å². The normalized spacial score (nSPS) is 24.3. The lowest BCUT2D eigenvalue weighted by molar-refractivity contribution is 0.271. The summed E-state index contributed by atoms with van der Waals surface area (Å²) < 4.78 is 0. The van der Waals surface area contributed by atoms with Gasteiger partial charge < -0.3 is 10.0 Å². The Morgan fingerprint density at radius 2 is 1.94 bits per heavy atom. The molecule has 1 atom stereocenters. The van der Waals surface area contributed by atoms with Crippen molar-refractivity contribution in [3.8, 4) is 0 Å². The van der Waals surface area contributed by atoms with Gasteiger partial charge in [0.15, 0.2) is 0 Å². The number of benzene rings is 1. The molecule has 0 spiro atoms. The van der Waals surface area contributed by atoms with Gasteiger partial charge in [0.25, 0.3) is 0 Å². The molecule has 1 aliphatic heterocycles. The van der Waals surface area contributed by atoms with Crippen LogP contribution in [0.3, 0.4) is 0 Å². The van der Waals surface area contributed by atoms with Gasteiger partial charge in [-0.1, -0.05) is 31.0 Å². The fourth-order valence-electron chi connectivity index (χ4n) is 3.55. The number of rotatable bonds is 3. The molecule has 1 aliphatic carbocycles. The van der Waals surface area contributed by atoms with Crippen LogP contribution in [0.1, 0.15) is 37.7 Å². The first kappa shape index (κ1) is 11.1. The number of fused-ring (bicyclic) bond motifs is 1. The van der Waals surface area contributed by atoms with Crippen molar-refractivity contribution >= 4 is 5.69 Å². The highest BCUT2D eigenvalue weighted by Crippen LogP contribution is 2.39. The van der Waals surface area contributed by atoms with Crippen molar-refractivity contribution in [3.05, 3.63) is 29.8 Å². The topological polar surface area (TPSA) is 23.5 Å². The van der Waals surface area contributed by atoms with E-state index in [4.69, 9.17) is 0 Å². The molecule has 17 heavy (non-hydrogen) atoms. The van der Waals surface area contributed by atoms with Gasteiger partial charge in [-0.15, -0.1) is 0 Å². The lowest BCUT2D eigenvalue weighted by Crippen LogP contribution is -2.40. The zero-order valence-corrected chi connectivity index (χ0v) is 10.3. The fourth-order valence-corrected chi connectivity index (χ4v) is 3.55. The molecule has 2 heteroatoms. The van der Waals surface area contributed by atoms with Gasteiger partial charge in [-0.3, -0.25) is 0 Å². The van der Waals surface area contributed by atoms with E-state index >= 15 is 0 Å². The number of aliphatic hydroxyl groups excluding tert-OH is 1. The van der Waals surface area contributed by atoms with Crippen molar-refractivity contribution < 1.29 is 5.11 Å². The van der Waals surface area contributed by atoms with Crippen LogP contribution in [0.5, 0.6) is 0 Å². The SMILES string of the molecule is OCCC1Cc2ccccc2N1C1CCCC1. The predicted octanol–water partition coefficient (Wildman–Crippen LogP) is 2.74. The molecule has 2 aliphatic rings. The minimum Gasteiger partial charge on any atom is -0.396 e. The molecule has 1 fully saturated rings. The third-order valence-electron chi connectivity index (χ3n) is 4.30. The van der Waals surface area contributed by atoms with Crippen LogP contribution < -0.4 is 4.90 Å². The predicted molar refractivity (Wildman–Crippen MR) is 70.4 cm³/mol. The maximum atomic E-state index is 9.24. The fraction of sp³-hybridized carbons (Fsp3) is 0.600. The molecule has 0 amide bonds. The average molecular weight is 231 g/mol. The summed E-state index contributed by atoms with van der Waals surface area (Å²) in [6.45, 7) is 0.307. The van der Waals surface area contributed by atoms with E-state index in [2.05, 4.69) is 29.2 Å². The Bertz CT molecular complexity index is 384. The van der Waals surface area contributed by atoms with Crippen LogP contribution in [0, 0.1) is 0 Å². The number of hydrogen-bond donors (Lipinski definition) is 1. The molecule has 0 bridgehead atoms. The molecule has 1 N–H and O–H groups in total. The van der Waals surface area contributed by atoms with Gasteiger partial charge in [0, 0.05) is 24.4 Å². The first-order valence-corrected chi connectivity index (χ1v) is 6.87. The Balaban J connectivity index is 1.89. The highest BCUT2D eigenvalue weighted by atomic mass is 16.3. The van der Waals surface area contributed by atoms with E-state index in [9.17, 15) is 5.11 Å². The Hall–Kier alpha value is -1.02. The molecule has 92 valence electrons. The summed E-state index contributed by atoms with van der Waals surface area (Å²) in [5.41, 5.74) is 2.90. The van der Waals surface area contributed by atoms with Gasteiger partial charge in [-0.25, -0.2) is 0 Å². The van der Waals surface area contributed by atoms with E-state index in [0.29, 0.717) is 12.6 Å². The molecule has 1 heterocycles. The van der Waals surface area contributed by atoms with Crippen molar-refractivity contribution in [2.45, 2.75) is 50.6 Å². The molecule has 2 nitrogen and oxygen atoms in total. The zero-order chi connectivity index (χ0) is 11.7. The summed E-state index contributed by atoms with van der Waals surface area (Å²) >= 11 is 0. The Morgan fingerprint density at radius 1 is 1.18 bits per heavy atom. The molecule has 0 aromatic heterocycles. The van der Waals surface area contributed by atoms with Crippen LogP contribution in [0.25, 0.3) is 0 Å². The van der Waals surface area contributed by atoms with Crippen molar-refractivity contribution in [2.24, 2.45) is 0 Å². The van der Waals surface area contributed by atoms with Crippen molar-refractivity contribution in [1.82, 2.24) is 0 Å². The minimum absolute atomic E-state index is 0.307. The van der Waals surface area contributed by atoms with Crippen molar-refractivity contribution in [3.63, 3.8) is 0 Å². The number of aliphatic hydroxyl groups is 1. The molecular formula is C15H21NO. The first-order chi connectivity index (χ1) is 8.40. The summed E-state index contributed by atoms with van der Waals surface area (Å²) in [7, 11) is 0. The van der Waals surface area contributed by atoms with Crippen LogP contribution in [0.15, 0.2) is 24.3 Å². The Labute approximate surface area is 103 Å². The van der Waals surface area contributed by atoms with Gasteiger partial charge in [-0.2, -0.15) is 0 Å². The Kier molecular flexibility index (Phi) is 3.06. The van der Waals surface area contributed by atoms with Gasteiger partial charge in [0.05, 0.1) is 0 Å². The smallest absolute Gasteiger partial charge is 0.0450 e. The number of nitrogens with zero attached hydrogens (tertiary/aromatic N) is 1. The van der Waals surface area contributed by atoms with Gasteiger partial charge in [0.2, 0.25) is 0 Å². The van der Waals surface area contributed by atoms with Crippen LogP contribution in [-0.4, -0.2) is 23.8 Å². The summed E-state index contributed by atoms with van der Waals surface area (Å²) in [6.07, 6.45) is 7.43.